The lowest BCUT2D eigenvalue weighted by Gasteiger charge is -2.33. The van der Waals surface area contributed by atoms with Gasteiger partial charge in [-0.1, -0.05) is 82.1 Å². The van der Waals surface area contributed by atoms with E-state index in [9.17, 15) is 0 Å². The van der Waals surface area contributed by atoms with Crippen molar-refractivity contribution in [3.8, 4) is 0 Å². The molecule has 1 fully saturated rings. The smallest absolute Gasteiger partial charge is 0.0354 e. The van der Waals surface area contributed by atoms with Crippen LogP contribution in [0.15, 0.2) is 0 Å². The summed E-state index contributed by atoms with van der Waals surface area (Å²) in [5.41, 5.74) is 0.722. The van der Waals surface area contributed by atoms with Crippen LogP contribution in [-0.4, -0.2) is 0 Å². The molecule has 0 amide bonds. The molecule has 0 saturated heterocycles. The average Bonchev–Trinajstić information content (AvgIpc) is 2.26. The van der Waals surface area contributed by atoms with Gasteiger partial charge >= 0.3 is 0 Å². The third-order valence-corrected chi connectivity index (χ3v) is 1.71. The van der Waals surface area contributed by atoms with Gasteiger partial charge in [0.25, 0.3) is 0 Å². The van der Waals surface area contributed by atoms with Crippen LogP contribution in [-0.2, 0) is 0 Å². The first-order chi connectivity index (χ1) is 7.12. The molecule has 0 bridgehead atoms. The minimum atomic E-state index is 0.722. The molecule has 0 aromatic heterocycles. The van der Waals surface area contributed by atoms with E-state index < -0.39 is 0 Å². The predicted octanol–water partition coefficient (Wildman–Crippen LogP) is 6.69. The van der Waals surface area contributed by atoms with Crippen molar-refractivity contribution in [2.75, 3.05) is 0 Å². The molecule has 0 heteroatoms. The topological polar surface area (TPSA) is 0 Å². The molecule has 0 radical (unpaired) electrons. The molecule has 0 heterocycles. The van der Waals surface area contributed by atoms with Crippen LogP contribution in [0.3, 0.4) is 0 Å². The van der Waals surface area contributed by atoms with E-state index in [1.807, 2.05) is 41.5 Å². The third kappa shape index (κ3) is 31.5. The van der Waals surface area contributed by atoms with E-state index in [0.29, 0.717) is 0 Å². The molecule has 0 N–H and O–H groups in total. The summed E-state index contributed by atoms with van der Waals surface area (Å²) in [7, 11) is 0. The minimum absolute atomic E-state index is 0.722. The zero-order valence-electron chi connectivity index (χ0n) is 13.3. The Bertz CT molecular complexity index is 56.4. The number of rotatable bonds is 0. The fourth-order valence-electron chi connectivity index (χ4n) is 0.884. The summed E-state index contributed by atoms with van der Waals surface area (Å²) in [5, 5.41) is 0. The van der Waals surface area contributed by atoms with Gasteiger partial charge < -0.3 is 0 Å². The van der Waals surface area contributed by atoms with Gasteiger partial charge in [0.2, 0.25) is 0 Å². The third-order valence-electron chi connectivity index (χ3n) is 1.71. The standard InChI is InChI=1S/C6H12.C3H8.3C2H6/c1-6(2)4-3-5-6;1-3-2;3*1-2/h3-5H2,1-2H3;3H2,1-2H3;3*1-2H3. The quantitative estimate of drug-likeness (QED) is 0.425. The molecule has 0 atom stereocenters. The molecule has 98 valence electrons. The Morgan fingerprint density at radius 2 is 0.867 bits per heavy atom. The van der Waals surface area contributed by atoms with Crippen molar-refractivity contribution in [2.45, 2.75) is 94.9 Å². The first kappa shape index (κ1) is 24.3. The summed E-state index contributed by atoms with van der Waals surface area (Å²) in [6, 6.07) is 0. The summed E-state index contributed by atoms with van der Waals surface area (Å²) in [5.74, 6) is 0. The molecule has 1 rings (SSSR count). The lowest BCUT2D eigenvalue weighted by Crippen LogP contribution is -2.20. The molecule has 0 spiro atoms. The van der Waals surface area contributed by atoms with Crippen LogP contribution < -0.4 is 0 Å². The molecule has 0 aromatic rings. The predicted molar refractivity (Wildman–Crippen MR) is 77.6 cm³/mol. The highest BCUT2D eigenvalue weighted by atomic mass is 14.3. The zero-order valence-corrected chi connectivity index (χ0v) is 13.3. The Morgan fingerprint density at radius 1 is 0.733 bits per heavy atom. The first-order valence-electron chi connectivity index (χ1n) is 7.12. The van der Waals surface area contributed by atoms with E-state index in [1.165, 1.54) is 25.7 Å². The van der Waals surface area contributed by atoms with Crippen molar-refractivity contribution < 1.29 is 0 Å². The van der Waals surface area contributed by atoms with Crippen LogP contribution in [0.5, 0.6) is 0 Å². The summed E-state index contributed by atoms with van der Waals surface area (Å²) in [4.78, 5) is 0. The Kier molecular flexibility index (Phi) is 38.3. The monoisotopic (exact) mass is 218 g/mol. The van der Waals surface area contributed by atoms with E-state index in [4.69, 9.17) is 0 Å². The SMILES string of the molecule is CC.CC.CC.CC1(C)CCC1.CCC. The van der Waals surface area contributed by atoms with Gasteiger partial charge in [0.15, 0.2) is 0 Å². The van der Waals surface area contributed by atoms with Crippen LogP contribution >= 0.6 is 0 Å². The summed E-state index contributed by atoms with van der Waals surface area (Å²) >= 11 is 0. The molecule has 0 unspecified atom stereocenters. The van der Waals surface area contributed by atoms with Gasteiger partial charge in [-0.3, -0.25) is 0 Å². The Balaban J connectivity index is -0.0000000585. The van der Waals surface area contributed by atoms with Crippen molar-refractivity contribution in [3.05, 3.63) is 0 Å². The van der Waals surface area contributed by atoms with Crippen molar-refractivity contribution in [3.63, 3.8) is 0 Å². The van der Waals surface area contributed by atoms with Crippen LogP contribution in [0.1, 0.15) is 94.9 Å². The van der Waals surface area contributed by atoms with Gasteiger partial charge in [-0.05, 0) is 18.3 Å². The molecular weight excluding hydrogens is 180 g/mol. The molecule has 0 nitrogen and oxygen atoms in total. The first-order valence-corrected chi connectivity index (χ1v) is 7.12. The van der Waals surface area contributed by atoms with E-state index >= 15 is 0 Å². The van der Waals surface area contributed by atoms with Gasteiger partial charge in [0, 0.05) is 0 Å². The highest BCUT2D eigenvalue weighted by Gasteiger charge is 2.24. The van der Waals surface area contributed by atoms with E-state index in [1.54, 1.807) is 0 Å². The van der Waals surface area contributed by atoms with Crippen molar-refractivity contribution in [2.24, 2.45) is 5.41 Å². The number of hydrogen-bond acceptors (Lipinski definition) is 0. The second-order valence-corrected chi connectivity index (χ2v) is 3.72. The maximum atomic E-state index is 2.33. The molecular formula is C15H38. The van der Waals surface area contributed by atoms with Gasteiger partial charge in [-0.2, -0.15) is 0 Å². The van der Waals surface area contributed by atoms with Gasteiger partial charge in [-0.25, -0.2) is 0 Å². The molecule has 1 aliphatic carbocycles. The fourth-order valence-corrected chi connectivity index (χ4v) is 0.884. The second kappa shape index (κ2) is 23.7. The van der Waals surface area contributed by atoms with E-state index in [2.05, 4.69) is 27.7 Å². The fraction of sp³-hybridized carbons (Fsp3) is 1.00. The highest BCUT2D eigenvalue weighted by Crippen LogP contribution is 2.38. The van der Waals surface area contributed by atoms with E-state index in [-0.39, 0.29) is 0 Å². The minimum Gasteiger partial charge on any atom is -0.0683 e. The highest BCUT2D eigenvalue weighted by molar-refractivity contribution is 4.77. The summed E-state index contributed by atoms with van der Waals surface area (Å²) < 4.78 is 0. The normalized spacial score (nSPS) is 14.0. The Hall–Kier alpha value is 0. The van der Waals surface area contributed by atoms with Crippen LogP contribution in [0, 0.1) is 5.41 Å². The number of hydrogen-bond donors (Lipinski definition) is 0. The molecule has 15 heavy (non-hydrogen) atoms. The average molecular weight is 218 g/mol. The maximum Gasteiger partial charge on any atom is -0.0354 e. The van der Waals surface area contributed by atoms with Gasteiger partial charge in [0.05, 0.1) is 0 Å². The zero-order chi connectivity index (χ0) is 13.3. The van der Waals surface area contributed by atoms with Gasteiger partial charge in [0.1, 0.15) is 0 Å². The molecule has 1 aliphatic rings. The summed E-state index contributed by atoms with van der Waals surface area (Å²) in [6.45, 7) is 20.9. The maximum absolute atomic E-state index is 2.33. The largest absolute Gasteiger partial charge is 0.0683 e. The summed E-state index contributed by atoms with van der Waals surface area (Å²) in [6.07, 6.45) is 5.62. The van der Waals surface area contributed by atoms with Crippen LogP contribution in [0.2, 0.25) is 0 Å². The Morgan fingerprint density at radius 3 is 0.867 bits per heavy atom. The Labute approximate surface area is 101 Å². The van der Waals surface area contributed by atoms with Crippen LogP contribution in [0.25, 0.3) is 0 Å². The lowest BCUT2D eigenvalue weighted by atomic mass is 9.72. The molecule has 1 saturated carbocycles. The lowest BCUT2D eigenvalue weighted by molar-refractivity contribution is 0.190. The van der Waals surface area contributed by atoms with Crippen molar-refractivity contribution >= 4 is 0 Å². The van der Waals surface area contributed by atoms with Crippen molar-refractivity contribution in [1.29, 1.82) is 0 Å². The van der Waals surface area contributed by atoms with Gasteiger partial charge in [-0.15, -0.1) is 0 Å². The molecule has 0 aliphatic heterocycles. The van der Waals surface area contributed by atoms with Crippen LogP contribution in [0.4, 0.5) is 0 Å². The molecule has 0 aromatic carbocycles. The van der Waals surface area contributed by atoms with Crippen molar-refractivity contribution in [1.82, 2.24) is 0 Å². The second-order valence-electron chi connectivity index (χ2n) is 3.72. The van der Waals surface area contributed by atoms with E-state index in [0.717, 1.165) is 5.41 Å².